The van der Waals surface area contributed by atoms with Crippen molar-refractivity contribution in [2.24, 2.45) is 0 Å². The summed E-state index contributed by atoms with van der Waals surface area (Å²) < 4.78 is 13.6. The Morgan fingerprint density at radius 2 is 2.29 bits per heavy atom. The molecule has 0 aliphatic carbocycles. The van der Waals surface area contributed by atoms with Crippen molar-refractivity contribution in [3.63, 3.8) is 0 Å². The number of benzene rings is 1. The minimum Gasteiger partial charge on any atom is -0.333 e. The van der Waals surface area contributed by atoms with Gasteiger partial charge in [0.1, 0.15) is 5.82 Å². The molecule has 5 heteroatoms. The summed E-state index contributed by atoms with van der Waals surface area (Å²) in [6.45, 7) is 1.34. The lowest BCUT2D eigenvalue weighted by molar-refractivity contribution is 0.250. The normalized spacial score (nSPS) is 19.5. The lowest BCUT2D eigenvalue weighted by atomic mass is 10.2. The summed E-state index contributed by atoms with van der Waals surface area (Å²) in [6.07, 6.45) is 0.840. The third-order valence-electron chi connectivity index (χ3n) is 2.86. The van der Waals surface area contributed by atoms with Gasteiger partial charge in [0.15, 0.2) is 0 Å². The first-order chi connectivity index (χ1) is 8.22. The van der Waals surface area contributed by atoms with E-state index in [1.54, 1.807) is 18.2 Å². The summed E-state index contributed by atoms with van der Waals surface area (Å²) in [4.78, 5) is 13.2. The summed E-state index contributed by atoms with van der Waals surface area (Å²) in [7, 11) is 1.87. The van der Waals surface area contributed by atoms with Gasteiger partial charge in [-0.25, -0.2) is 9.18 Å². The van der Waals surface area contributed by atoms with E-state index in [0.717, 1.165) is 13.0 Å². The summed E-state index contributed by atoms with van der Waals surface area (Å²) in [5.74, 6) is -0.364. The summed E-state index contributed by atoms with van der Waals surface area (Å²) in [5, 5.41) is 5.88. The Morgan fingerprint density at radius 1 is 1.53 bits per heavy atom. The maximum Gasteiger partial charge on any atom is 0.322 e. The van der Waals surface area contributed by atoms with Crippen LogP contribution < -0.4 is 15.5 Å². The first-order valence-electron chi connectivity index (χ1n) is 5.69. The van der Waals surface area contributed by atoms with E-state index in [1.807, 2.05) is 7.05 Å². The van der Waals surface area contributed by atoms with E-state index in [4.69, 9.17) is 0 Å². The van der Waals surface area contributed by atoms with Crippen LogP contribution in [-0.4, -0.2) is 32.2 Å². The number of carbonyl (C=O) groups is 1. The van der Waals surface area contributed by atoms with Crippen LogP contribution in [0.4, 0.5) is 14.9 Å². The molecule has 4 nitrogen and oxygen atoms in total. The van der Waals surface area contributed by atoms with E-state index < -0.39 is 0 Å². The molecule has 17 heavy (non-hydrogen) atoms. The molecule has 2 N–H and O–H groups in total. The van der Waals surface area contributed by atoms with E-state index in [2.05, 4.69) is 10.6 Å². The van der Waals surface area contributed by atoms with Crippen LogP contribution in [0.2, 0.25) is 0 Å². The zero-order valence-corrected chi connectivity index (χ0v) is 9.74. The van der Waals surface area contributed by atoms with Crippen LogP contribution in [0.1, 0.15) is 6.42 Å². The largest absolute Gasteiger partial charge is 0.333 e. The molecular formula is C12H16FN3O. The van der Waals surface area contributed by atoms with Gasteiger partial charge in [0.2, 0.25) is 0 Å². The molecule has 1 aliphatic rings. The van der Waals surface area contributed by atoms with Gasteiger partial charge >= 0.3 is 6.03 Å². The molecule has 1 heterocycles. The molecule has 1 atom stereocenters. The standard InChI is InChI=1S/C12H16FN3O/c1-14-7-6-9-8-16(12(17)15-9)11-5-3-2-4-10(11)13/h2-5,9,14H,6-8H2,1H3,(H,15,17). The van der Waals surface area contributed by atoms with Crippen LogP contribution >= 0.6 is 0 Å². The molecule has 92 valence electrons. The van der Waals surface area contributed by atoms with Crippen molar-refractivity contribution >= 4 is 11.7 Å². The smallest absolute Gasteiger partial charge is 0.322 e. The van der Waals surface area contributed by atoms with Crippen LogP contribution in [-0.2, 0) is 0 Å². The number of rotatable bonds is 4. The number of carbonyl (C=O) groups excluding carboxylic acids is 1. The van der Waals surface area contributed by atoms with E-state index in [0.29, 0.717) is 12.2 Å². The molecule has 1 saturated heterocycles. The van der Waals surface area contributed by atoms with Crippen molar-refractivity contribution in [1.82, 2.24) is 10.6 Å². The number of hydrogen-bond acceptors (Lipinski definition) is 2. The van der Waals surface area contributed by atoms with Crippen molar-refractivity contribution < 1.29 is 9.18 Å². The first-order valence-corrected chi connectivity index (χ1v) is 5.69. The molecule has 1 unspecified atom stereocenters. The molecule has 0 saturated carbocycles. The van der Waals surface area contributed by atoms with Gasteiger partial charge in [-0.05, 0) is 32.1 Å². The maximum absolute atomic E-state index is 13.6. The third kappa shape index (κ3) is 2.55. The number of nitrogens with one attached hydrogen (secondary N) is 2. The van der Waals surface area contributed by atoms with E-state index in [9.17, 15) is 9.18 Å². The number of para-hydroxylation sites is 1. The molecule has 0 radical (unpaired) electrons. The van der Waals surface area contributed by atoms with Crippen molar-refractivity contribution in [3.05, 3.63) is 30.1 Å². The SMILES string of the molecule is CNCCC1CN(c2ccccc2F)C(=O)N1. The highest BCUT2D eigenvalue weighted by Crippen LogP contribution is 2.22. The van der Waals surface area contributed by atoms with Gasteiger partial charge < -0.3 is 10.6 Å². The predicted molar refractivity (Wildman–Crippen MR) is 64.6 cm³/mol. The van der Waals surface area contributed by atoms with Crippen molar-refractivity contribution in [2.45, 2.75) is 12.5 Å². The second-order valence-electron chi connectivity index (χ2n) is 4.10. The lowest BCUT2D eigenvalue weighted by Crippen LogP contribution is -2.30. The Kier molecular flexibility index (Phi) is 3.58. The van der Waals surface area contributed by atoms with Gasteiger partial charge in [0.05, 0.1) is 5.69 Å². The van der Waals surface area contributed by atoms with Crippen molar-refractivity contribution in [3.8, 4) is 0 Å². The van der Waals surface area contributed by atoms with Crippen molar-refractivity contribution in [2.75, 3.05) is 25.0 Å². The van der Waals surface area contributed by atoms with Gasteiger partial charge in [-0.1, -0.05) is 12.1 Å². The Labute approximate surface area is 99.8 Å². The van der Waals surface area contributed by atoms with Crippen LogP contribution in [0.25, 0.3) is 0 Å². The number of amides is 2. The Morgan fingerprint density at radius 3 is 3.00 bits per heavy atom. The Bertz CT molecular complexity index is 410. The Hall–Kier alpha value is -1.62. The summed E-state index contributed by atoms with van der Waals surface area (Å²) in [5.41, 5.74) is 0.344. The topological polar surface area (TPSA) is 44.4 Å². The maximum atomic E-state index is 13.6. The molecule has 0 bridgehead atoms. The molecule has 1 aromatic carbocycles. The predicted octanol–water partition coefficient (Wildman–Crippen LogP) is 1.33. The first kappa shape index (κ1) is 11.9. The molecule has 0 aromatic heterocycles. The van der Waals surface area contributed by atoms with E-state index in [-0.39, 0.29) is 17.9 Å². The van der Waals surface area contributed by atoms with Gasteiger partial charge in [0.25, 0.3) is 0 Å². The van der Waals surface area contributed by atoms with Crippen LogP contribution in [0.3, 0.4) is 0 Å². The molecule has 2 rings (SSSR count). The highest BCUT2D eigenvalue weighted by atomic mass is 19.1. The van der Waals surface area contributed by atoms with Crippen molar-refractivity contribution in [1.29, 1.82) is 0 Å². The number of urea groups is 1. The second kappa shape index (κ2) is 5.14. The monoisotopic (exact) mass is 237 g/mol. The highest BCUT2D eigenvalue weighted by Gasteiger charge is 2.30. The van der Waals surface area contributed by atoms with Gasteiger partial charge in [0, 0.05) is 12.6 Å². The number of nitrogens with zero attached hydrogens (tertiary/aromatic N) is 1. The second-order valence-corrected chi connectivity index (χ2v) is 4.10. The molecule has 1 fully saturated rings. The average molecular weight is 237 g/mol. The molecule has 0 spiro atoms. The minimum absolute atomic E-state index is 0.0783. The van der Waals surface area contributed by atoms with E-state index in [1.165, 1.54) is 11.0 Å². The number of hydrogen-bond donors (Lipinski definition) is 2. The summed E-state index contributed by atoms with van der Waals surface area (Å²) >= 11 is 0. The molecular weight excluding hydrogens is 221 g/mol. The van der Waals surface area contributed by atoms with Crippen LogP contribution in [0, 0.1) is 5.82 Å². The fraction of sp³-hybridized carbons (Fsp3) is 0.417. The Balaban J connectivity index is 2.08. The minimum atomic E-state index is -0.364. The molecule has 1 aromatic rings. The quantitative estimate of drug-likeness (QED) is 0.830. The fourth-order valence-corrected chi connectivity index (χ4v) is 1.96. The van der Waals surface area contributed by atoms with E-state index >= 15 is 0 Å². The highest BCUT2D eigenvalue weighted by molar-refractivity contribution is 5.94. The van der Waals surface area contributed by atoms with Gasteiger partial charge in [-0.15, -0.1) is 0 Å². The zero-order chi connectivity index (χ0) is 12.3. The van der Waals surface area contributed by atoms with Gasteiger partial charge in [-0.2, -0.15) is 0 Å². The third-order valence-corrected chi connectivity index (χ3v) is 2.86. The zero-order valence-electron chi connectivity index (χ0n) is 9.74. The lowest BCUT2D eigenvalue weighted by Gasteiger charge is -2.15. The molecule has 1 aliphatic heterocycles. The molecule has 2 amide bonds. The number of anilines is 1. The fourth-order valence-electron chi connectivity index (χ4n) is 1.96. The number of halogens is 1. The summed E-state index contributed by atoms with van der Waals surface area (Å²) in [6, 6.07) is 6.18. The van der Waals surface area contributed by atoms with Crippen LogP contribution in [0.5, 0.6) is 0 Å². The van der Waals surface area contributed by atoms with Crippen LogP contribution in [0.15, 0.2) is 24.3 Å². The van der Waals surface area contributed by atoms with Gasteiger partial charge in [-0.3, -0.25) is 4.90 Å². The average Bonchev–Trinajstić information content (AvgIpc) is 2.68.